The van der Waals surface area contributed by atoms with E-state index in [1.165, 1.54) is 4.57 Å². The molecular weight excluding hydrogens is 398 g/mol. The van der Waals surface area contributed by atoms with Crippen LogP contribution < -0.4 is 10.3 Å². The van der Waals surface area contributed by atoms with E-state index in [0.29, 0.717) is 17.9 Å². The molecule has 3 aromatic rings. The van der Waals surface area contributed by atoms with E-state index < -0.39 is 5.56 Å². The Balaban J connectivity index is 1.75. The number of aliphatic imine (C=N–C) groups is 1. The van der Waals surface area contributed by atoms with Crippen LogP contribution in [0.1, 0.15) is 16.7 Å². The van der Waals surface area contributed by atoms with Crippen molar-refractivity contribution >= 4 is 35.8 Å². The van der Waals surface area contributed by atoms with Gasteiger partial charge in [-0.2, -0.15) is 0 Å². The van der Waals surface area contributed by atoms with Crippen molar-refractivity contribution in [3.8, 4) is 11.6 Å². The van der Waals surface area contributed by atoms with Gasteiger partial charge in [-0.25, -0.2) is 0 Å². The molecule has 0 atom stereocenters. The van der Waals surface area contributed by atoms with E-state index in [-0.39, 0.29) is 22.8 Å². The molecule has 0 unspecified atom stereocenters. The molecule has 1 aliphatic heterocycles. The lowest BCUT2D eigenvalue weighted by atomic mass is 10.0. The average Bonchev–Trinajstić information content (AvgIpc) is 3.17. The number of nitrogens with one attached hydrogen (secondary N) is 1. The molecule has 0 bridgehead atoms. The summed E-state index contributed by atoms with van der Waals surface area (Å²) in [6.07, 6.45) is 4.83. The second kappa shape index (κ2) is 8.34. The number of aromatic nitrogens is 2. The maximum absolute atomic E-state index is 12.5. The molecule has 0 amide bonds. The van der Waals surface area contributed by atoms with E-state index in [9.17, 15) is 9.90 Å². The maximum atomic E-state index is 12.5. The number of aromatic amines is 1. The molecule has 7 heteroatoms. The maximum Gasteiger partial charge on any atom is 0.262 e. The van der Waals surface area contributed by atoms with E-state index >= 15 is 0 Å². The van der Waals surface area contributed by atoms with E-state index in [1.807, 2.05) is 48.5 Å². The van der Waals surface area contributed by atoms with Gasteiger partial charge in [0.1, 0.15) is 17.9 Å². The van der Waals surface area contributed by atoms with Crippen molar-refractivity contribution in [2.24, 2.45) is 4.99 Å². The summed E-state index contributed by atoms with van der Waals surface area (Å²) in [7, 11) is 0. The van der Waals surface area contributed by atoms with Crippen LogP contribution in [0.15, 0.2) is 71.0 Å². The molecule has 0 aliphatic carbocycles. The first kappa shape index (κ1) is 19.6. The summed E-state index contributed by atoms with van der Waals surface area (Å²) in [5.41, 5.74) is 2.83. The van der Waals surface area contributed by atoms with Gasteiger partial charge in [0.2, 0.25) is 5.88 Å². The number of fused-ring (bicyclic) bond motifs is 1. The highest BCUT2D eigenvalue weighted by Crippen LogP contribution is 2.40. The normalized spacial score (nSPS) is 13.4. The van der Waals surface area contributed by atoms with Crippen molar-refractivity contribution in [1.82, 2.24) is 9.55 Å². The molecule has 2 N–H and O–H groups in total. The van der Waals surface area contributed by atoms with Gasteiger partial charge in [0.15, 0.2) is 4.77 Å². The van der Waals surface area contributed by atoms with Crippen molar-refractivity contribution in [3.63, 3.8) is 0 Å². The predicted octanol–water partition coefficient (Wildman–Crippen LogP) is 4.63. The lowest BCUT2D eigenvalue weighted by Crippen LogP contribution is -2.16. The van der Waals surface area contributed by atoms with Gasteiger partial charge >= 0.3 is 0 Å². The molecule has 0 saturated heterocycles. The minimum atomic E-state index is -0.477. The number of aromatic hydroxyl groups is 1. The first-order valence-corrected chi connectivity index (χ1v) is 9.72. The molecule has 0 saturated carbocycles. The van der Waals surface area contributed by atoms with E-state index in [2.05, 4.69) is 16.6 Å². The number of hydrogen-bond acceptors (Lipinski definition) is 5. The Hall–Kier alpha value is -3.71. The van der Waals surface area contributed by atoms with Gasteiger partial charge < -0.3 is 9.84 Å². The Bertz CT molecular complexity index is 1290. The summed E-state index contributed by atoms with van der Waals surface area (Å²) in [5, 5.41) is 10.6. The Morgan fingerprint density at radius 3 is 2.77 bits per heavy atom. The fourth-order valence-corrected chi connectivity index (χ4v) is 3.50. The number of hydrogen-bond donors (Lipinski definition) is 2. The van der Waals surface area contributed by atoms with Crippen molar-refractivity contribution in [3.05, 3.63) is 93.0 Å². The summed E-state index contributed by atoms with van der Waals surface area (Å²) < 4.78 is 7.58. The summed E-state index contributed by atoms with van der Waals surface area (Å²) >= 11 is 5.13. The zero-order valence-electron chi connectivity index (χ0n) is 16.0. The Labute approximate surface area is 178 Å². The summed E-state index contributed by atoms with van der Waals surface area (Å²) in [5.74, 6) is 0.426. The summed E-state index contributed by atoms with van der Waals surface area (Å²) in [4.78, 5) is 19.5. The fraction of sp³-hybridized carbons (Fsp3) is 0.0870. The monoisotopic (exact) mass is 417 g/mol. The highest BCUT2D eigenvalue weighted by Gasteiger charge is 2.20. The standard InChI is InChI=1S/C23H19N3O3S/c1-2-11-26-22(28)17(21(27)25-23(26)30)12-16-13-24-18-9-6-10-19(20(16)18)29-14-15-7-4-3-5-8-15/h2-10,12-13,28H,1,11,14H2,(H,25,27,30). The minimum Gasteiger partial charge on any atom is -0.494 e. The fourth-order valence-electron chi connectivity index (χ4n) is 3.25. The van der Waals surface area contributed by atoms with E-state index in [1.54, 1.807) is 18.4 Å². The smallest absolute Gasteiger partial charge is 0.262 e. The SMILES string of the molecule is C=CCn1c(O)c(C=C2C=Nc3cccc(OCc4ccccc4)c32)c(=O)[nH]c1=S. The van der Waals surface area contributed by atoms with E-state index in [0.717, 1.165) is 16.8 Å². The van der Waals surface area contributed by atoms with Gasteiger partial charge in [0.05, 0.1) is 11.3 Å². The number of nitrogens with zero attached hydrogens (tertiary/aromatic N) is 2. The van der Waals surface area contributed by atoms with Crippen molar-refractivity contribution in [2.45, 2.75) is 13.2 Å². The zero-order chi connectivity index (χ0) is 21.1. The molecule has 150 valence electrons. The topological polar surface area (TPSA) is 79.6 Å². The van der Waals surface area contributed by atoms with Gasteiger partial charge in [-0.15, -0.1) is 6.58 Å². The van der Waals surface area contributed by atoms with Crippen LogP contribution in [0.4, 0.5) is 5.69 Å². The lowest BCUT2D eigenvalue weighted by Gasteiger charge is -2.12. The number of rotatable bonds is 6. The molecule has 2 heterocycles. The Morgan fingerprint density at radius 1 is 1.20 bits per heavy atom. The number of allylic oxidation sites excluding steroid dienone is 2. The van der Waals surface area contributed by atoms with Crippen LogP contribution >= 0.6 is 12.2 Å². The predicted molar refractivity (Wildman–Crippen MR) is 121 cm³/mol. The molecule has 0 spiro atoms. The van der Waals surface area contributed by atoms with Crippen molar-refractivity contribution in [2.75, 3.05) is 0 Å². The van der Waals surface area contributed by atoms with Crippen molar-refractivity contribution < 1.29 is 9.84 Å². The van der Waals surface area contributed by atoms with Crippen LogP contribution in [0.3, 0.4) is 0 Å². The zero-order valence-corrected chi connectivity index (χ0v) is 16.9. The van der Waals surface area contributed by atoms with Crippen LogP contribution in [-0.2, 0) is 13.2 Å². The Morgan fingerprint density at radius 2 is 2.00 bits per heavy atom. The minimum absolute atomic E-state index is 0.0950. The quantitative estimate of drug-likeness (QED) is 0.453. The third kappa shape index (κ3) is 3.75. The molecule has 2 aromatic carbocycles. The number of H-pyrrole nitrogens is 1. The van der Waals surface area contributed by atoms with Crippen molar-refractivity contribution in [1.29, 1.82) is 0 Å². The molecule has 0 radical (unpaired) electrons. The molecule has 30 heavy (non-hydrogen) atoms. The number of ether oxygens (including phenoxy) is 1. The molecular formula is C23H19N3O3S. The molecule has 0 fully saturated rings. The summed E-state index contributed by atoms with van der Waals surface area (Å²) in [6, 6.07) is 15.4. The first-order valence-electron chi connectivity index (χ1n) is 9.31. The number of benzene rings is 2. The first-order chi connectivity index (χ1) is 14.6. The van der Waals surface area contributed by atoms with Gasteiger partial charge in [-0.1, -0.05) is 42.5 Å². The highest BCUT2D eigenvalue weighted by molar-refractivity contribution is 7.71. The molecule has 1 aliphatic rings. The molecule has 1 aromatic heterocycles. The molecule has 4 rings (SSSR count). The third-order valence-electron chi connectivity index (χ3n) is 4.69. The van der Waals surface area contributed by atoms with Crippen LogP contribution in [0.25, 0.3) is 11.6 Å². The third-order valence-corrected chi connectivity index (χ3v) is 5.01. The van der Waals surface area contributed by atoms with Gasteiger partial charge in [0, 0.05) is 18.3 Å². The molecule has 6 nitrogen and oxygen atoms in total. The summed E-state index contributed by atoms with van der Waals surface area (Å²) in [6.45, 7) is 4.33. The van der Waals surface area contributed by atoms with Gasteiger partial charge in [0.25, 0.3) is 5.56 Å². The largest absolute Gasteiger partial charge is 0.494 e. The van der Waals surface area contributed by atoms with Gasteiger partial charge in [-0.05, 0) is 36.0 Å². The highest BCUT2D eigenvalue weighted by atomic mass is 32.1. The second-order valence-electron chi connectivity index (χ2n) is 6.68. The lowest BCUT2D eigenvalue weighted by molar-refractivity contribution is 0.305. The van der Waals surface area contributed by atoms with Crippen LogP contribution in [0.5, 0.6) is 11.6 Å². The van der Waals surface area contributed by atoms with Gasteiger partial charge in [-0.3, -0.25) is 19.3 Å². The second-order valence-corrected chi connectivity index (χ2v) is 7.06. The van der Waals surface area contributed by atoms with Crippen LogP contribution in [0.2, 0.25) is 0 Å². The van der Waals surface area contributed by atoms with E-state index in [4.69, 9.17) is 17.0 Å². The van der Waals surface area contributed by atoms with Crippen LogP contribution in [-0.4, -0.2) is 20.9 Å². The Kier molecular flexibility index (Phi) is 5.45. The van der Waals surface area contributed by atoms with Crippen LogP contribution in [0, 0.1) is 4.77 Å². The average molecular weight is 417 g/mol.